The van der Waals surface area contributed by atoms with Crippen molar-refractivity contribution in [3.05, 3.63) is 81.7 Å². The lowest BCUT2D eigenvalue weighted by molar-refractivity contribution is -0.138. The molecular formula is C23H17F3N4O2. The SMILES string of the molecule is Cc1noc(C)c1-c1ccc2c(c1)ncc1[nH]c(=O)n(Cc3ccccc3C(F)(F)F)c12. The van der Waals surface area contributed by atoms with Crippen LogP contribution in [0.4, 0.5) is 13.2 Å². The summed E-state index contributed by atoms with van der Waals surface area (Å²) in [6.45, 7) is 3.44. The Labute approximate surface area is 179 Å². The van der Waals surface area contributed by atoms with Gasteiger partial charge in [-0.05, 0) is 37.1 Å². The molecule has 0 spiro atoms. The number of halogens is 3. The van der Waals surface area contributed by atoms with Crippen molar-refractivity contribution < 1.29 is 17.7 Å². The lowest BCUT2D eigenvalue weighted by Crippen LogP contribution is -2.20. The van der Waals surface area contributed by atoms with Gasteiger partial charge >= 0.3 is 11.9 Å². The molecule has 32 heavy (non-hydrogen) atoms. The number of hydrogen-bond acceptors (Lipinski definition) is 4. The molecule has 162 valence electrons. The molecule has 0 bridgehead atoms. The molecule has 0 atom stereocenters. The van der Waals surface area contributed by atoms with Crippen LogP contribution in [0.25, 0.3) is 33.1 Å². The molecule has 0 radical (unpaired) electrons. The first-order valence-corrected chi connectivity index (χ1v) is 9.83. The van der Waals surface area contributed by atoms with Crippen LogP contribution in [0.15, 0.2) is 58.0 Å². The molecule has 0 aliphatic carbocycles. The normalized spacial score (nSPS) is 12.2. The van der Waals surface area contributed by atoms with Gasteiger partial charge in [0.05, 0.1) is 40.5 Å². The van der Waals surface area contributed by atoms with E-state index < -0.39 is 17.4 Å². The van der Waals surface area contributed by atoms with Crippen LogP contribution in [0.2, 0.25) is 0 Å². The maximum absolute atomic E-state index is 13.5. The molecule has 0 saturated carbocycles. The second kappa shape index (κ2) is 7.08. The first kappa shape index (κ1) is 20.0. The number of nitrogens with zero attached hydrogens (tertiary/aromatic N) is 3. The predicted octanol–water partition coefficient (Wildman–Crippen LogP) is 5.22. The average Bonchev–Trinajstić information content (AvgIpc) is 3.25. The van der Waals surface area contributed by atoms with Gasteiger partial charge in [0.2, 0.25) is 0 Å². The minimum absolute atomic E-state index is 0.0142. The number of aromatic amines is 1. The van der Waals surface area contributed by atoms with E-state index in [1.807, 2.05) is 32.0 Å². The molecule has 9 heteroatoms. The van der Waals surface area contributed by atoms with E-state index in [2.05, 4.69) is 15.1 Å². The number of pyridine rings is 1. The highest BCUT2D eigenvalue weighted by atomic mass is 19.4. The Bertz CT molecular complexity index is 1520. The van der Waals surface area contributed by atoms with Crippen molar-refractivity contribution in [3.63, 3.8) is 0 Å². The molecule has 2 aromatic carbocycles. The lowest BCUT2D eigenvalue weighted by Gasteiger charge is -2.13. The number of rotatable bonds is 3. The summed E-state index contributed by atoms with van der Waals surface area (Å²) in [5.41, 5.74) is 2.77. The fourth-order valence-corrected chi connectivity index (χ4v) is 4.15. The summed E-state index contributed by atoms with van der Waals surface area (Å²) < 4.78 is 47.0. The van der Waals surface area contributed by atoms with Gasteiger partial charge in [0, 0.05) is 10.9 Å². The van der Waals surface area contributed by atoms with Crippen molar-refractivity contribution >= 4 is 21.9 Å². The largest absolute Gasteiger partial charge is 0.416 e. The molecule has 0 fully saturated rings. The minimum atomic E-state index is -4.51. The average molecular weight is 438 g/mol. The standard InChI is InChI=1S/C23H17F3N4O2/c1-12-20(13(2)32-29-12)14-7-8-16-18(9-14)27-10-19-21(16)30(22(31)28-19)11-15-5-3-4-6-17(15)23(24,25)26/h3-10H,11H2,1-2H3,(H,28,31). The third-order valence-corrected chi connectivity index (χ3v) is 5.57. The fourth-order valence-electron chi connectivity index (χ4n) is 4.15. The highest BCUT2D eigenvalue weighted by Gasteiger charge is 2.33. The molecule has 0 saturated heterocycles. The zero-order valence-corrected chi connectivity index (χ0v) is 17.1. The zero-order valence-electron chi connectivity index (χ0n) is 17.1. The van der Waals surface area contributed by atoms with Gasteiger partial charge in [0.1, 0.15) is 5.76 Å². The third kappa shape index (κ3) is 3.17. The van der Waals surface area contributed by atoms with E-state index in [1.54, 1.807) is 0 Å². The van der Waals surface area contributed by atoms with Crippen molar-refractivity contribution in [2.24, 2.45) is 0 Å². The van der Waals surface area contributed by atoms with Gasteiger partial charge in [-0.3, -0.25) is 9.55 Å². The molecule has 6 nitrogen and oxygen atoms in total. The Morgan fingerprint density at radius 2 is 1.91 bits per heavy atom. The van der Waals surface area contributed by atoms with Crippen LogP contribution < -0.4 is 5.69 Å². The predicted molar refractivity (Wildman–Crippen MR) is 113 cm³/mol. The molecule has 0 aliphatic rings. The Morgan fingerprint density at radius 3 is 2.62 bits per heavy atom. The Balaban J connectivity index is 1.70. The summed E-state index contributed by atoms with van der Waals surface area (Å²) in [5, 5.41) is 4.63. The number of aromatic nitrogens is 4. The van der Waals surface area contributed by atoms with Gasteiger partial charge in [-0.25, -0.2) is 4.79 Å². The smallest absolute Gasteiger partial charge is 0.361 e. The Morgan fingerprint density at radius 1 is 1.12 bits per heavy atom. The molecule has 0 amide bonds. The minimum Gasteiger partial charge on any atom is -0.361 e. The molecule has 1 N–H and O–H groups in total. The summed E-state index contributed by atoms with van der Waals surface area (Å²) in [6, 6.07) is 10.8. The molecule has 0 aliphatic heterocycles. The maximum atomic E-state index is 13.5. The number of aryl methyl sites for hydroxylation is 2. The Hall–Kier alpha value is -3.88. The van der Waals surface area contributed by atoms with Gasteiger partial charge in [0.25, 0.3) is 0 Å². The van der Waals surface area contributed by atoms with Crippen LogP contribution in [0.1, 0.15) is 22.6 Å². The van der Waals surface area contributed by atoms with Gasteiger partial charge in [0.15, 0.2) is 0 Å². The van der Waals surface area contributed by atoms with E-state index in [4.69, 9.17) is 4.52 Å². The van der Waals surface area contributed by atoms with Gasteiger partial charge < -0.3 is 9.51 Å². The monoisotopic (exact) mass is 438 g/mol. The van der Waals surface area contributed by atoms with E-state index in [9.17, 15) is 18.0 Å². The van der Waals surface area contributed by atoms with E-state index >= 15 is 0 Å². The van der Waals surface area contributed by atoms with Crippen molar-refractivity contribution in [1.29, 1.82) is 0 Å². The molecule has 5 aromatic rings. The zero-order chi connectivity index (χ0) is 22.6. The molecule has 3 heterocycles. The number of nitrogens with one attached hydrogen (secondary N) is 1. The summed E-state index contributed by atoms with van der Waals surface area (Å²) >= 11 is 0. The summed E-state index contributed by atoms with van der Waals surface area (Å²) in [5.74, 6) is 0.672. The van der Waals surface area contributed by atoms with Gasteiger partial charge in [-0.15, -0.1) is 0 Å². The first-order valence-electron chi connectivity index (χ1n) is 9.83. The second-order valence-electron chi connectivity index (χ2n) is 7.62. The van der Waals surface area contributed by atoms with Crippen LogP contribution in [0.3, 0.4) is 0 Å². The van der Waals surface area contributed by atoms with Crippen molar-refractivity contribution in [2.75, 3.05) is 0 Å². The number of benzene rings is 2. The fraction of sp³-hybridized carbons (Fsp3) is 0.174. The van der Waals surface area contributed by atoms with Crippen LogP contribution in [0.5, 0.6) is 0 Å². The molecule has 3 aromatic heterocycles. The number of H-pyrrole nitrogens is 1. The topological polar surface area (TPSA) is 76.7 Å². The first-order chi connectivity index (χ1) is 15.2. The summed E-state index contributed by atoms with van der Waals surface area (Å²) in [4.78, 5) is 19.8. The van der Waals surface area contributed by atoms with Crippen LogP contribution >= 0.6 is 0 Å². The van der Waals surface area contributed by atoms with E-state index in [0.717, 1.165) is 22.9 Å². The van der Waals surface area contributed by atoms with Crippen molar-refractivity contribution in [3.8, 4) is 11.1 Å². The van der Waals surface area contributed by atoms with Crippen LogP contribution in [0, 0.1) is 13.8 Å². The van der Waals surface area contributed by atoms with Crippen molar-refractivity contribution in [1.82, 2.24) is 19.7 Å². The lowest BCUT2D eigenvalue weighted by atomic mass is 10.0. The van der Waals surface area contributed by atoms with E-state index in [-0.39, 0.29) is 12.1 Å². The van der Waals surface area contributed by atoms with Gasteiger partial charge in [-0.2, -0.15) is 13.2 Å². The Kier molecular flexibility index (Phi) is 4.44. The number of imidazole rings is 1. The summed E-state index contributed by atoms with van der Waals surface area (Å²) in [6.07, 6.45) is -3.00. The van der Waals surface area contributed by atoms with Gasteiger partial charge in [-0.1, -0.05) is 35.5 Å². The number of alkyl halides is 3. The maximum Gasteiger partial charge on any atom is 0.416 e. The van der Waals surface area contributed by atoms with Crippen LogP contribution in [-0.4, -0.2) is 19.7 Å². The van der Waals surface area contributed by atoms with Crippen LogP contribution in [-0.2, 0) is 12.7 Å². The van der Waals surface area contributed by atoms with Crippen molar-refractivity contribution in [2.45, 2.75) is 26.6 Å². The third-order valence-electron chi connectivity index (χ3n) is 5.57. The number of fused-ring (bicyclic) bond motifs is 3. The highest BCUT2D eigenvalue weighted by Crippen LogP contribution is 2.34. The summed E-state index contributed by atoms with van der Waals surface area (Å²) in [7, 11) is 0. The van der Waals surface area contributed by atoms with E-state index in [0.29, 0.717) is 27.7 Å². The van der Waals surface area contributed by atoms with E-state index in [1.165, 1.54) is 29.0 Å². The molecule has 5 rings (SSSR count). The highest BCUT2D eigenvalue weighted by molar-refractivity contribution is 6.03. The molecular weight excluding hydrogens is 421 g/mol. The molecule has 0 unspecified atom stereocenters. The number of hydrogen-bond donors (Lipinski definition) is 1. The second-order valence-corrected chi connectivity index (χ2v) is 7.62. The quantitative estimate of drug-likeness (QED) is 0.419.